The highest BCUT2D eigenvalue weighted by Crippen LogP contribution is 2.43. The first kappa shape index (κ1) is 22.0. The molecular weight excluding hydrogens is 451 g/mol. The van der Waals surface area contributed by atoms with E-state index in [1.807, 2.05) is 0 Å². The van der Waals surface area contributed by atoms with Crippen molar-refractivity contribution in [2.45, 2.75) is 0 Å². The van der Waals surface area contributed by atoms with Crippen molar-refractivity contribution in [1.82, 2.24) is 5.43 Å². The van der Waals surface area contributed by atoms with Crippen LogP contribution in [0.5, 0.6) is 23.0 Å². The molecule has 0 saturated carbocycles. The van der Waals surface area contributed by atoms with Crippen molar-refractivity contribution in [3.63, 3.8) is 0 Å². The van der Waals surface area contributed by atoms with Crippen molar-refractivity contribution in [1.29, 1.82) is 0 Å². The smallest absolute Gasteiger partial charge is 0.283 e. The predicted octanol–water partition coefficient (Wildman–Crippen LogP) is 5.01. The molecule has 1 heterocycles. The minimum Gasteiger partial charge on any atom is -0.495 e. The van der Waals surface area contributed by atoms with Crippen LogP contribution >= 0.6 is 34.5 Å². The lowest BCUT2D eigenvalue weighted by Gasteiger charge is -2.12. The van der Waals surface area contributed by atoms with Gasteiger partial charge in [-0.3, -0.25) is 4.79 Å². The van der Waals surface area contributed by atoms with Crippen LogP contribution in [0.2, 0.25) is 10.0 Å². The molecule has 158 valence electrons. The summed E-state index contributed by atoms with van der Waals surface area (Å²) in [4.78, 5) is 12.9. The second-order valence-electron chi connectivity index (χ2n) is 5.86. The van der Waals surface area contributed by atoms with E-state index in [1.165, 1.54) is 46.0 Å². The Morgan fingerprint density at radius 1 is 0.967 bits per heavy atom. The van der Waals surface area contributed by atoms with Gasteiger partial charge in [-0.1, -0.05) is 23.2 Å². The third kappa shape index (κ3) is 4.12. The quantitative estimate of drug-likeness (QED) is 0.389. The summed E-state index contributed by atoms with van der Waals surface area (Å²) in [5, 5.41) is 5.39. The number of rotatable bonds is 7. The molecule has 0 aliphatic rings. The van der Waals surface area contributed by atoms with Crippen molar-refractivity contribution in [2.75, 3.05) is 28.4 Å². The maximum Gasteiger partial charge on any atom is 0.283 e. The zero-order valence-corrected chi connectivity index (χ0v) is 18.9. The summed E-state index contributed by atoms with van der Waals surface area (Å²) in [6, 6.07) is 6.87. The molecule has 2 aromatic carbocycles. The number of carbonyl (C=O) groups excluding carboxylic acids is 1. The first-order valence-electron chi connectivity index (χ1n) is 8.53. The van der Waals surface area contributed by atoms with Gasteiger partial charge in [0.1, 0.15) is 15.6 Å². The van der Waals surface area contributed by atoms with Gasteiger partial charge >= 0.3 is 0 Å². The van der Waals surface area contributed by atoms with Gasteiger partial charge in [-0.2, -0.15) is 5.10 Å². The number of amides is 1. The minimum atomic E-state index is -0.458. The van der Waals surface area contributed by atoms with E-state index in [-0.39, 0.29) is 0 Å². The first-order valence-corrected chi connectivity index (χ1v) is 10.1. The molecule has 0 aliphatic carbocycles. The summed E-state index contributed by atoms with van der Waals surface area (Å²) in [5.74, 6) is 1.46. The lowest BCUT2D eigenvalue weighted by molar-refractivity contribution is 0.0959. The van der Waals surface area contributed by atoms with Crippen molar-refractivity contribution < 1.29 is 23.7 Å². The van der Waals surface area contributed by atoms with E-state index in [1.54, 1.807) is 24.3 Å². The molecule has 10 heteroatoms. The summed E-state index contributed by atoms with van der Waals surface area (Å²) >= 11 is 13.9. The van der Waals surface area contributed by atoms with Crippen LogP contribution in [0.1, 0.15) is 15.2 Å². The average molecular weight is 469 g/mol. The number of hydrazone groups is 1. The van der Waals surface area contributed by atoms with Crippen molar-refractivity contribution in [3.05, 3.63) is 44.8 Å². The Morgan fingerprint density at radius 3 is 2.17 bits per heavy atom. The topological polar surface area (TPSA) is 78.4 Å². The summed E-state index contributed by atoms with van der Waals surface area (Å²) in [6.07, 6.45) is 1.46. The Kier molecular flexibility index (Phi) is 6.91. The third-order valence-electron chi connectivity index (χ3n) is 4.19. The zero-order chi connectivity index (χ0) is 21.8. The SMILES string of the molecule is COc1cc(/C=N/NC(=O)c2sc3c(Cl)c(OC)ccc3c2Cl)cc(OC)c1OC. The minimum absolute atomic E-state index is 0.295. The van der Waals surface area contributed by atoms with E-state index in [0.29, 0.717) is 53.6 Å². The number of hydrogen-bond donors (Lipinski definition) is 1. The molecule has 0 fully saturated rings. The number of carbonyl (C=O) groups is 1. The Bertz CT molecular complexity index is 1110. The molecule has 0 aliphatic heterocycles. The van der Waals surface area contributed by atoms with Gasteiger partial charge in [0, 0.05) is 10.9 Å². The van der Waals surface area contributed by atoms with Crippen molar-refractivity contribution in [3.8, 4) is 23.0 Å². The lowest BCUT2D eigenvalue weighted by atomic mass is 10.2. The van der Waals surface area contributed by atoms with E-state index in [4.69, 9.17) is 42.1 Å². The zero-order valence-electron chi connectivity index (χ0n) is 16.5. The second-order valence-corrected chi connectivity index (χ2v) is 7.64. The molecule has 1 amide bonds. The lowest BCUT2D eigenvalue weighted by Crippen LogP contribution is -2.16. The van der Waals surface area contributed by atoms with Crippen molar-refractivity contribution in [2.24, 2.45) is 5.10 Å². The van der Waals surface area contributed by atoms with Crippen LogP contribution in [0.3, 0.4) is 0 Å². The van der Waals surface area contributed by atoms with Crippen LogP contribution in [0.4, 0.5) is 0 Å². The van der Waals surface area contributed by atoms with E-state index in [0.717, 1.165) is 0 Å². The molecule has 30 heavy (non-hydrogen) atoms. The highest BCUT2D eigenvalue weighted by Gasteiger charge is 2.20. The van der Waals surface area contributed by atoms with Crippen LogP contribution in [-0.4, -0.2) is 40.6 Å². The number of benzene rings is 2. The van der Waals surface area contributed by atoms with Gasteiger partial charge in [-0.05, 0) is 24.3 Å². The molecule has 0 bridgehead atoms. The van der Waals surface area contributed by atoms with Gasteiger partial charge in [0.2, 0.25) is 5.75 Å². The Morgan fingerprint density at radius 2 is 1.60 bits per heavy atom. The van der Waals surface area contributed by atoms with Crippen LogP contribution in [0.25, 0.3) is 10.1 Å². The molecule has 0 atom stereocenters. The summed E-state index contributed by atoms with van der Waals surface area (Å²) in [7, 11) is 6.08. The molecule has 1 N–H and O–H groups in total. The molecule has 0 radical (unpaired) electrons. The van der Waals surface area contributed by atoms with E-state index in [9.17, 15) is 4.79 Å². The Balaban J connectivity index is 1.85. The van der Waals surface area contributed by atoms with Crippen LogP contribution < -0.4 is 24.4 Å². The molecular formula is C20H18Cl2N2O5S. The van der Waals surface area contributed by atoms with Gasteiger partial charge < -0.3 is 18.9 Å². The molecule has 3 aromatic rings. The fourth-order valence-electron chi connectivity index (χ4n) is 2.78. The third-order valence-corrected chi connectivity index (χ3v) is 6.41. The normalized spacial score (nSPS) is 11.0. The van der Waals surface area contributed by atoms with Crippen LogP contribution in [0, 0.1) is 0 Å². The van der Waals surface area contributed by atoms with Gasteiger partial charge in [0.05, 0.1) is 44.4 Å². The first-order chi connectivity index (χ1) is 14.4. The van der Waals surface area contributed by atoms with Gasteiger partial charge in [0.15, 0.2) is 11.5 Å². The van der Waals surface area contributed by atoms with E-state index >= 15 is 0 Å². The maximum absolute atomic E-state index is 12.6. The summed E-state index contributed by atoms with van der Waals surface area (Å²) in [6.45, 7) is 0. The highest BCUT2D eigenvalue weighted by atomic mass is 35.5. The number of halogens is 2. The fraction of sp³-hybridized carbons (Fsp3) is 0.200. The maximum atomic E-state index is 12.6. The summed E-state index contributed by atoms with van der Waals surface area (Å²) < 4.78 is 21.8. The number of thiophene rings is 1. The number of methoxy groups -OCH3 is 4. The predicted molar refractivity (Wildman–Crippen MR) is 120 cm³/mol. The number of nitrogens with zero attached hydrogens (tertiary/aromatic N) is 1. The number of nitrogens with one attached hydrogen (secondary N) is 1. The standard InChI is InChI=1S/C20H18Cl2N2O5S/c1-26-12-6-5-11-15(21)19(30-18(11)16(12)22)20(25)24-23-9-10-7-13(27-2)17(29-4)14(8-10)28-3/h5-9H,1-4H3,(H,24,25)/b23-9+. The number of fused-ring (bicyclic) bond motifs is 1. The molecule has 0 saturated heterocycles. The monoisotopic (exact) mass is 468 g/mol. The average Bonchev–Trinajstić information content (AvgIpc) is 3.10. The molecule has 0 spiro atoms. The number of ether oxygens (including phenoxy) is 4. The largest absolute Gasteiger partial charge is 0.495 e. The van der Waals surface area contributed by atoms with Gasteiger partial charge in [-0.15, -0.1) is 11.3 Å². The molecule has 3 rings (SSSR count). The van der Waals surface area contributed by atoms with E-state index in [2.05, 4.69) is 10.5 Å². The molecule has 0 unspecified atom stereocenters. The summed E-state index contributed by atoms with van der Waals surface area (Å²) in [5.41, 5.74) is 3.11. The van der Waals surface area contributed by atoms with Crippen LogP contribution in [-0.2, 0) is 0 Å². The van der Waals surface area contributed by atoms with Gasteiger partial charge in [-0.25, -0.2) is 5.43 Å². The highest BCUT2D eigenvalue weighted by molar-refractivity contribution is 7.22. The molecule has 1 aromatic heterocycles. The molecule has 7 nitrogen and oxygen atoms in total. The van der Waals surface area contributed by atoms with Crippen LogP contribution in [0.15, 0.2) is 29.4 Å². The van der Waals surface area contributed by atoms with Crippen molar-refractivity contribution >= 4 is 56.7 Å². The number of hydrogen-bond acceptors (Lipinski definition) is 7. The fourth-order valence-corrected chi connectivity index (χ4v) is 4.56. The van der Waals surface area contributed by atoms with E-state index < -0.39 is 5.91 Å². The second kappa shape index (κ2) is 9.42. The Hall–Kier alpha value is -2.68. The van der Waals surface area contributed by atoms with Gasteiger partial charge in [0.25, 0.3) is 5.91 Å². The Labute approximate surface area is 187 Å².